The molecule has 0 aliphatic carbocycles. The molecule has 0 spiro atoms. The van der Waals surface area contributed by atoms with Crippen molar-refractivity contribution in [1.82, 2.24) is 0 Å². The van der Waals surface area contributed by atoms with Crippen molar-refractivity contribution in [3.63, 3.8) is 0 Å². The highest BCUT2D eigenvalue weighted by atomic mass is 16.5. The molecule has 1 aliphatic rings. The van der Waals surface area contributed by atoms with Crippen LogP contribution in [0.15, 0.2) is 18.2 Å². The van der Waals surface area contributed by atoms with E-state index < -0.39 is 0 Å². The molecule has 0 bridgehead atoms. The lowest BCUT2D eigenvalue weighted by atomic mass is 9.99. The molecule has 2 atom stereocenters. The van der Waals surface area contributed by atoms with Crippen molar-refractivity contribution in [2.24, 2.45) is 5.73 Å². The highest BCUT2D eigenvalue weighted by Crippen LogP contribution is 2.32. The number of nitriles is 1. The zero-order valence-corrected chi connectivity index (χ0v) is 8.03. The second-order valence-electron chi connectivity index (χ2n) is 3.62. The van der Waals surface area contributed by atoms with Gasteiger partial charge < -0.3 is 10.5 Å². The van der Waals surface area contributed by atoms with E-state index in [0.717, 1.165) is 11.1 Å². The molecular formula is C11H12N2O. The zero-order chi connectivity index (χ0) is 10.1. The number of benzene rings is 1. The Balaban J connectivity index is 2.39. The van der Waals surface area contributed by atoms with Crippen molar-refractivity contribution in [3.05, 3.63) is 34.9 Å². The first-order valence-electron chi connectivity index (χ1n) is 4.62. The van der Waals surface area contributed by atoms with Gasteiger partial charge in [0.25, 0.3) is 0 Å². The lowest BCUT2D eigenvalue weighted by Gasteiger charge is -2.14. The lowest BCUT2D eigenvalue weighted by molar-refractivity contribution is 0.0517. The van der Waals surface area contributed by atoms with Gasteiger partial charge in [0.15, 0.2) is 0 Å². The highest BCUT2D eigenvalue weighted by Gasteiger charge is 2.26. The number of nitrogens with zero attached hydrogens (tertiary/aromatic N) is 1. The largest absolute Gasteiger partial charge is 0.367 e. The summed E-state index contributed by atoms with van der Waals surface area (Å²) in [6, 6.07) is 7.72. The molecule has 0 amide bonds. The molecule has 3 heteroatoms. The first-order chi connectivity index (χ1) is 6.72. The normalized spacial score (nSPS) is 21.4. The van der Waals surface area contributed by atoms with Gasteiger partial charge in [0.05, 0.1) is 24.3 Å². The van der Waals surface area contributed by atoms with Crippen molar-refractivity contribution in [2.75, 3.05) is 0 Å². The number of nitrogens with two attached hydrogens (primary N) is 1. The third kappa shape index (κ3) is 1.39. The summed E-state index contributed by atoms with van der Waals surface area (Å²) in [6.07, 6.45) is -0.0160. The van der Waals surface area contributed by atoms with Gasteiger partial charge in [-0.15, -0.1) is 0 Å². The summed E-state index contributed by atoms with van der Waals surface area (Å²) in [5.74, 6) is 0. The van der Waals surface area contributed by atoms with Crippen molar-refractivity contribution >= 4 is 0 Å². The fraction of sp³-hybridized carbons (Fsp3) is 0.364. The molecular weight excluding hydrogens is 176 g/mol. The van der Waals surface area contributed by atoms with Crippen LogP contribution in [0.2, 0.25) is 0 Å². The van der Waals surface area contributed by atoms with Crippen LogP contribution >= 0.6 is 0 Å². The van der Waals surface area contributed by atoms with Crippen LogP contribution < -0.4 is 5.73 Å². The maximum atomic E-state index is 8.73. The van der Waals surface area contributed by atoms with Crippen molar-refractivity contribution in [3.8, 4) is 6.07 Å². The molecule has 14 heavy (non-hydrogen) atoms. The number of ether oxygens (including phenoxy) is 1. The topological polar surface area (TPSA) is 59.0 Å². The molecule has 0 aromatic heterocycles. The lowest BCUT2D eigenvalue weighted by Crippen LogP contribution is -2.24. The Labute approximate surface area is 83.1 Å². The van der Waals surface area contributed by atoms with Crippen LogP contribution in [0.1, 0.15) is 29.7 Å². The van der Waals surface area contributed by atoms with Gasteiger partial charge in [-0.3, -0.25) is 0 Å². The van der Waals surface area contributed by atoms with Crippen LogP contribution in [0.5, 0.6) is 0 Å². The van der Waals surface area contributed by atoms with Crippen LogP contribution in [0.25, 0.3) is 0 Å². The Morgan fingerprint density at radius 1 is 1.64 bits per heavy atom. The average Bonchev–Trinajstić information content (AvgIpc) is 2.59. The van der Waals surface area contributed by atoms with Crippen molar-refractivity contribution in [1.29, 1.82) is 5.26 Å². The molecule has 0 fully saturated rings. The van der Waals surface area contributed by atoms with Crippen LogP contribution in [0.4, 0.5) is 0 Å². The van der Waals surface area contributed by atoms with Gasteiger partial charge in [-0.05, 0) is 30.2 Å². The third-order valence-electron chi connectivity index (χ3n) is 2.47. The molecule has 72 valence electrons. The molecule has 3 nitrogen and oxygen atoms in total. The average molecular weight is 188 g/mol. The Hall–Kier alpha value is -1.37. The number of fused-ring (bicyclic) bond motifs is 1. The quantitative estimate of drug-likeness (QED) is 0.726. The Morgan fingerprint density at radius 2 is 2.43 bits per heavy atom. The maximum absolute atomic E-state index is 8.73. The molecule has 2 rings (SSSR count). The SMILES string of the molecule is CC(N)C1OCc2cc(C#N)ccc21. The van der Waals surface area contributed by atoms with Crippen LogP contribution in [0.3, 0.4) is 0 Å². The predicted octanol–water partition coefficient (Wildman–Crippen LogP) is 1.48. The van der Waals surface area contributed by atoms with E-state index >= 15 is 0 Å². The van der Waals surface area contributed by atoms with Gasteiger partial charge in [0.1, 0.15) is 0 Å². The van der Waals surface area contributed by atoms with Crippen LogP contribution in [-0.2, 0) is 11.3 Å². The number of rotatable bonds is 1. The van der Waals surface area contributed by atoms with E-state index in [-0.39, 0.29) is 12.1 Å². The van der Waals surface area contributed by atoms with E-state index in [2.05, 4.69) is 6.07 Å². The summed E-state index contributed by atoms with van der Waals surface area (Å²) in [7, 11) is 0. The van der Waals surface area contributed by atoms with E-state index in [1.165, 1.54) is 0 Å². The first-order valence-corrected chi connectivity index (χ1v) is 4.62. The molecule has 0 radical (unpaired) electrons. The molecule has 0 saturated heterocycles. The Kier molecular flexibility index (Phi) is 2.24. The number of hydrogen-bond acceptors (Lipinski definition) is 3. The molecule has 2 N–H and O–H groups in total. The van der Waals surface area contributed by atoms with Gasteiger partial charge >= 0.3 is 0 Å². The van der Waals surface area contributed by atoms with Gasteiger partial charge in [-0.25, -0.2) is 0 Å². The zero-order valence-electron chi connectivity index (χ0n) is 8.03. The summed E-state index contributed by atoms with van der Waals surface area (Å²) in [4.78, 5) is 0. The summed E-state index contributed by atoms with van der Waals surface area (Å²) >= 11 is 0. The van der Waals surface area contributed by atoms with Crippen LogP contribution in [0, 0.1) is 11.3 Å². The molecule has 2 unspecified atom stereocenters. The van der Waals surface area contributed by atoms with Crippen molar-refractivity contribution < 1.29 is 4.74 Å². The Morgan fingerprint density at radius 3 is 3.07 bits per heavy atom. The molecule has 0 saturated carbocycles. The van der Waals surface area contributed by atoms with Gasteiger partial charge in [0, 0.05) is 6.04 Å². The van der Waals surface area contributed by atoms with E-state index in [9.17, 15) is 0 Å². The van der Waals surface area contributed by atoms with E-state index in [1.54, 1.807) is 0 Å². The smallest absolute Gasteiger partial charge is 0.0991 e. The molecule has 1 aliphatic heterocycles. The summed E-state index contributed by atoms with van der Waals surface area (Å²) in [6.45, 7) is 2.50. The fourth-order valence-corrected chi connectivity index (χ4v) is 1.78. The highest BCUT2D eigenvalue weighted by molar-refractivity contribution is 5.40. The second-order valence-corrected chi connectivity index (χ2v) is 3.62. The minimum Gasteiger partial charge on any atom is -0.367 e. The van der Waals surface area contributed by atoms with E-state index in [0.29, 0.717) is 12.2 Å². The van der Waals surface area contributed by atoms with Crippen LogP contribution in [-0.4, -0.2) is 6.04 Å². The number of hydrogen-bond donors (Lipinski definition) is 1. The minimum absolute atomic E-state index is 0.0100. The maximum Gasteiger partial charge on any atom is 0.0991 e. The monoisotopic (exact) mass is 188 g/mol. The molecule has 1 aromatic carbocycles. The van der Waals surface area contributed by atoms with Gasteiger partial charge in [-0.2, -0.15) is 5.26 Å². The Bertz CT molecular complexity index is 393. The standard InChI is InChI=1S/C11H12N2O/c1-7(13)11-10-3-2-8(5-12)4-9(10)6-14-11/h2-4,7,11H,6,13H2,1H3. The summed E-state index contributed by atoms with van der Waals surface area (Å²) < 4.78 is 5.55. The summed E-state index contributed by atoms with van der Waals surface area (Å²) in [5, 5.41) is 8.73. The second kappa shape index (κ2) is 3.41. The molecule has 1 aromatic rings. The van der Waals surface area contributed by atoms with Crippen molar-refractivity contribution in [2.45, 2.75) is 25.7 Å². The fourth-order valence-electron chi connectivity index (χ4n) is 1.78. The van der Waals surface area contributed by atoms with E-state index in [4.69, 9.17) is 15.7 Å². The third-order valence-corrected chi connectivity index (χ3v) is 2.47. The summed E-state index contributed by atoms with van der Waals surface area (Å²) in [5.41, 5.74) is 8.68. The first kappa shape index (κ1) is 9.20. The predicted molar refractivity (Wildman–Crippen MR) is 52.3 cm³/mol. The minimum atomic E-state index is -0.0160. The van der Waals surface area contributed by atoms with Gasteiger partial charge in [-0.1, -0.05) is 6.07 Å². The molecule has 1 heterocycles. The van der Waals surface area contributed by atoms with E-state index in [1.807, 2.05) is 25.1 Å². The van der Waals surface area contributed by atoms with Gasteiger partial charge in [0.2, 0.25) is 0 Å².